The summed E-state index contributed by atoms with van der Waals surface area (Å²) in [6.45, 7) is 43.5. The second kappa shape index (κ2) is 16.3. The minimum atomic E-state index is -0.360. The van der Waals surface area contributed by atoms with Gasteiger partial charge in [0.15, 0.2) is 0 Å². The molecule has 0 N–H and O–H groups in total. The smallest absolute Gasteiger partial charge is 0.132 e. The topological polar surface area (TPSA) is 36.9 Å². The number of hydrogen-bond acceptors (Lipinski definition) is 8. The molecule has 0 saturated heterocycles. The van der Waals surface area contributed by atoms with Crippen LogP contribution in [0.15, 0.2) is 36.4 Å². The predicted molar refractivity (Wildman–Crippen MR) is 265 cm³/mol. The molecule has 4 nitrogen and oxygen atoms in total. The fourth-order valence-electron chi connectivity index (χ4n) is 7.29. The molecule has 0 fully saturated rings. The van der Waals surface area contributed by atoms with Crippen molar-refractivity contribution in [2.45, 2.75) is 161 Å². The Morgan fingerprint density at radius 3 is 0.633 bits per heavy atom. The fraction of sp³-hybridized carbons (Fsp3) is 0.462. The van der Waals surface area contributed by atoms with Crippen molar-refractivity contribution in [2.24, 2.45) is 0 Å². The first-order valence-corrected chi connectivity index (χ1v) is 24.3. The molecule has 6 rings (SSSR count). The van der Waals surface area contributed by atoms with Gasteiger partial charge >= 0.3 is 0 Å². The Labute approximate surface area is 376 Å². The van der Waals surface area contributed by atoms with Gasteiger partial charge in [-0.15, -0.1) is 45.3 Å². The van der Waals surface area contributed by atoms with Crippen molar-refractivity contribution in [1.82, 2.24) is 0 Å². The van der Waals surface area contributed by atoms with Gasteiger partial charge in [0.05, 0.1) is 11.1 Å². The molecule has 0 radical (unpaired) electrons. The number of hydrogen-bond donors (Lipinski definition) is 0. The number of benzene rings is 2. The molecule has 0 saturated carbocycles. The van der Waals surface area contributed by atoms with Crippen molar-refractivity contribution in [3.8, 4) is 73.1 Å². The Morgan fingerprint density at radius 2 is 0.450 bits per heavy atom. The lowest BCUT2D eigenvalue weighted by atomic mass is 10.0. The normalized spacial score (nSPS) is 12.7. The highest BCUT2D eigenvalue weighted by atomic mass is 32.1. The van der Waals surface area contributed by atoms with Crippen molar-refractivity contribution in [2.75, 3.05) is 0 Å². The summed E-state index contributed by atoms with van der Waals surface area (Å²) in [6.07, 6.45) is 0. The molecule has 0 aliphatic carbocycles. The molecular weight excluding hydrogens is 817 g/mol. The van der Waals surface area contributed by atoms with Crippen LogP contribution in [0.5, 0.6) is 23.0 Å². The Balaban J connectivity index is 1.48. The molecule has 0 bridgehead atoms. The quantitative estimate of drug-likeness (QED) is 0.145. The number of ether oxygens (including phenoxy) is 4. The molecule has 6 aromatic rings. The highest BCUT2D eigenvalue weighted by molar-refractivity contribution is 7.30. The first-order valence-electron chi connectivity index (χ1n) is 21.0. The number of thiophene rings is 4. The van der Waals surface area contributed by atoms with Gasteiger partial charge in [-0.2, -0.15) is 0 Å². The minimum absolute atomic E-state index is 0.360. The van der Waals surface area contributed by atoms with E-state index in [9.17, 15) is 0 Å². The maximum atomic E-state index is 6.63. The first-order chi connectivity index (χ1) is 27.6. The molecule has 8 heteroatoms. The monoisotopic (exact) mass is 882 g/mol. The summed E-state index contributed by atoms with van der Waals surface area (Å²) < 4.78 is 26.5. The Hall–Kier alpha value is -3.56. The van der Waals surface area contributed by atoms with E-state index in [1.807, 2.05) is 57.5 Å². The van der Waals surface area contributed by atoms with Crippen molar-refractivity contribution < 1.29 is 18.9 Å². The van der Waals surface area contributed by atoms with E-state index < -0.39 is 0 Å². The van der Waals surface area contributed by atoms with Crippen LogP contribution in [0, 0.1) is 55.4 Å². The molecule has 0 atom stereocenters. The molecule has 0 aliphatic heterocycles. The standard InChI is InChI=1S/C52H66O4S4/c1-27-29(3)43(57-41(27)39-35(53-49(9,10)11)23-21-24-36(39)54-50(12,13)14)45-31(5)33(7)47(59-45)48-34(8)32(6)46(60-48)44-30(4)28(2)42(58-44)40-37(55-51(15,16)17)25-22-26-38(40)56-52(18,19)20/h21-26H,1-20H3. The molecular formula is C52H66O4S4. The second-order valence-corrected chi connectivity index (χ2v) is 24.2. The number of rotatable bonds is 9. The molecule has 0 unspecified atom stereocenters. The van der Waals surface area contributed by atoms with Gasteiger partial charge in [-0.25, -0.2) is 0 Å². The zero-order valence-electron chi connectivity index (χ0n) is 39.7. The van der Waals surface area contributed by atoms with Crippen LogP contribution in [-0.4, -0.2) is 22.4 Å². The molecule has 0 amide bonds. The van der Waals surface area contributed by atoms with Crippen LogP contribution in [0.25, 0.3) is 50.1 Å². The van der Waals surface area contributed by atoms with Gasteiger partial charge in [0.2, 0.25) is 0 Å². The zero-order valence-corrected chi connectivity index (χ0v) is 43.0. The van der Waals surface area contributed by atoms with Gasteiger partial charge in [0.1, 0.15) is 45.4 Å². The van der Waals surface area contributed by atoms with E-state index in [-0.39, 0.29) is 22.4 Å². The Morgan fingerprint density at radius 1 is 0.283 bits per heavy atom. The average molecular weight is 883 g/mol. The summed E-state index contributed by atoms with van der Waals surface area (Å²) in [5, 5.41) is 0. The lowest BCUT2D eigenvalue weighted by Gasteiger charge is -2.27. The Bertz CT molecular complexity index is 2310. The highest BCUT2D eigenvalue weighted by Gasteiger charge is 2.31. The summed E-state index contributed by atoms with van der Waals surface area (Å²) in [4.78, 5) is 10.4. The molecule has 322 valence electrons. The van der Waals surface area contributed by atoms with Crippen LogP contribution in [-0.2, 0) is 0 Å². The van der Waals surface area contributed by atoms with E-state index in [0.29, 0.717) is 0 Å². The summed E-state index contributed by atoms with van der Waals surface area (Å²) in [5.41, 5.74) is 11.2. The van der Waals surface area contributed by atoms with Gasteiger partial charge in [0.25, 0.3) is 0 Å². The van der Waals surface area contributed by atoms with E-state index in [1.165, 1.54) is 83.5 Å². The Kier molecular flexibility index (Phi) is 12.5. The maximum absolute atomic E-state index is 6.63. The summed E-state index contributed by atoms with van der Waals surface area (Å²) >= 11 is 7.59. The van der Waals surface area contributed by atoms with Gasteiger partial charge in [-0.1, -0.05) is 12.1 Å². The highest BCUT2D eigenvalue weighted by Crippen LogP contribution is 2.56. The molecule has 0 aliphatic rings. The van der Waals surface area contributed by atoms with E-state index in [0.717, 1.165) is 34.1 Å². The summed E-state index contributed by atoms with van der Waals surface area (Å²) in [5.74, 6) is 3.40. The van der Waals surface area contributed by atoms with Crippen LogP contribution in [0.3, 0.4) is 0 Å². The van der Waals surface area contributed by atoms with E-state index in [2.05, 4.69) is 163 Å². The van der Waals surface area contributed by atoms with Crippen LogP contribution in [0.4, 0.5) is 0 Å². The van der Waals surface area contributed by atoms with Gasteiger partial charge in [-0.05, 0) is 207 Å². The molecule has 60 heavy (non-hydrogen) atoms. The van der Waals surface area contributed by atoms with Crippen molar-refractivity contribution in [3.63, 3.8) is 0 Å². The zero-order chi connectivity index (χ0) is 44.6. The van der Waals surface area contributed by atoms with Crippen molar-refractivity contribution in [3.05, 3.63) is 80.9 Å². The van der Waals surface area contributed by atoms with Gasteiger partial charge in [0, 0.05) is 39.0 Å². The minimum Gasteiger partial charge on any atom is -0.487 e. The lowest BCUT2D eigenvalue weighted by Crippen LogP contribution is -2.25. The third-order valence-corrected chi connectivity index (χ3v) is 16.6. The van der Waals surface area contributed by atoms with Crippen LogP contribution in [0.2, 0.25) is 0 Å². The third kappa shape index (κ3) is 9.42. The first kappa shape index (κ1) is 46.0. The summed E-state index contributed by atoms with van der Waals surface area (Å²) in [6, 6.07) is 12.4. The predicted octanol–water partition coefficient (Wildman–Crippen LogP) is 17.4. The van der Waals surface area contributed by atoms with E-state index in [4.69, 9.17) is 18.9 Å². The van der Waals surface area contributed by atoms with Crippen LogP contribution in [0.1, 0.15) is 128 Å². The third-order valence-electron chi connectivity index (χ3n) is 10.5. The maximum Gasteiger partial charge on any atom is 0.132 e. The van der Waals surface area contributed by atoms with E-state index >= 15 is 0 Å². The second-order valence-electron chi connectivity index (χ2n) is 20.2. The molecule has 4 heterocycles. The lowest BCUT2D eigenvalue weighted by molar-refractivity contribution is 0.122. The average Bonchev–Trinajstić information content (AvgIpc) is 3.76. The van der Waals surface area contributed by atoms with E-state index in [1.54, 1.807) is 0 Å². The SMILES string of the molecule is Cc1c(-c2sc(-c3sc(-c4c(OC(C)(C)C)cccc4OC(C)(C)C)c(C)c3C)c(C)c2C)sc(-c2sc(-c3c(OC(C)(C)C)cccc3OC(C)(C)C)c(C)c2C)c1C. The van der Waals surface area contributed by atoms with Crippen molar-refractivity contribution in [1.29, 1.82) is 0 Å². The molecule has 2 aromatic carbocycles. The van der Waals surface area contributed by atoms with Gasteiger partial charge < -0.3 is 18.9 Å². The largest absolute Gasteiger partial charge is 0.487 e. The molecule has 0 spiro atoms. The van der Waals surface area contributed by atoms with Crippen LogP contribution < -0.4 is 18.9 Å². The fourth-order valence-corrected chi connectivity index (χ4v) is 13.4. The van der Waals surface area contributed by atoms with Crippen LogP contribution >= 0.6 is 45.3 Å². The van der Waals surface area contributed by atoms with Crippen molar-refractivity contribution >= 4 is 45.3 Å². The van der Waals surface area contributed by atoms with Gasteiger partial charge in [-0.3, -0.25) is 0 Å². The summed E-state index contributed by atoms with van der Waals surface area (Å²) in [7, 11) is 0. The molecule has 4 aromatic heterocycles.